The standard InChI is InChI=1S/C19H20FN5O3.ClH/c1-11(2)17(21)19(26)23-10-16-24-18(25-28-16)12-3-8-15(22-9-12)27-14-6-4-13(20)5-7-14;/h3-9,11,17H,10,21H2,1-2H3,(H,23,26);1H/t17-;/m0./s1. The number of aromatic nitrogens is 3. The summed E-state index contributed by atoms with van der Waals surface area (Å²) in [7, 11) is 0. The van der Waals surface area contributed by atoms with E-state index in [1.165, 1.54) is 30.5 Å². The van der Waals surface area contributed by atoms with E-state index in [0.717, 1.165) is 0 Å². The van der Waals surface area contributed by atoms with Gasteiger partial charge < -0.3 is 20.3 Å². The Kier molecular flexibility index (Phi) is 7.63. The summed E-state index contributed by atoms with van der Waals surface area (Å²) in [6.07, 6.45) is 1.53. The Morgan fingerprint density at radius 3 is 2.59 bits per heavy atom. The van der Waals surface area contributed by atoms with Crippen LogP contribution in [0.1, 0.15) is 19.7 Å². The predicted molar refractivity (Wildman–Crippen MR) is 106 cm³/mol. The van der Waals surface area contributed by atoms with Crippen molar-refractivity contribution in [1.82, 2.24) is 20.4 Å². The first-order valence-corrected chi connectivity index (χ1v) is 8.68. The average Bonchev–Trinajstić information content (AvgIpc) is 3.17. The maximum absolute atomic E-state index is 12.9. The minimum absolute atomic E-state index is 0. The lowest BCUT2D eigenvalue weighted by molar-refractivity contribution is -0.123. The van der Waals surface area contributed by atoms with Crippen molar-refractivity contribution in [3.05, 3.63) is 54.3 Å². The number of benzene rings is 1. The second-order valence-electron chi connectivity index (χ2n) is 6.44. The SMILES string of the molecule is CC(C)[C@H](N)C(=O)NCc1nc(-c2ccc(Oc3ccc(F)cc3)nc2)no1.Cl. The van der Waals surface area contributed by atoms with Crippen LogP contribution in [0.4, 0.5) is 4.39 Å². The van der Waals surface area contributed by atoms with Crippen LogP contribution in [0.15, 0.2) is 47.1 Å². The average molecular weight is 422 g/mol. The number of nitrogens with two attached hydrogens (primary N) is 1. The number of carbonyl (C=O) groups excluding carboxylic acids is 1. The Morgan fingerprint density at radius 1 is 1.24 bits per heavy atom. The summed E-state index contributed by atoms with van der Waals surface area (Å²) in [5.41, 5.74) is 6.40. The first-order chi connectivity index (χ1) is 13.4. The maximum Gasteiger partial charge on any atom is 0.246 e. The molecule has 0 unspecified atom stereocenters. The minimum atomic E-state index is -0.597. The van der Waals surface area contributed by atoms with Gasteiger partial charge in [0, 0.05) is 17.8 Å². The highest BCUT2D eigenvalue weighted by molar-refractivity contribution is 5.85. The second kappa shape index (κ2) is 9.94. The minimum Gasteiger partial charge on any atom is -0.439 e. The summed E-state index contributed by atoms with van der Waals surface area (Å²) < 4.78 is 23.6. The van der Waals surface area contributed by atoms with Crippen molar-refractivity contribution in [3.8, 4) is 23.0 Å². The molecule has 0 bridgehead atoms. The number of nitrogens with zero attached hydrogens (tertiary/aromatic N) is 3. The number of pyridine rings is 1. The van der Waals surface area contributed by atoms with Gasteiger partial charge in [0.15, 0.2) is 0 Å². The van der Waals surface area contributed by atoms with Gasteiger partial charge in [-0.25, -0.2) is 9.37 Å². The lowest BCUT2D eigenvalue weighted by atomic mass is 10.1. The van der Waals surface area contributed by atoms with Gasteiger partial charge >= 0.3 is 0 Å². The monoisotopic (exact) mass is 421 g/mol. The van der Waals surface area contributed by atoms with Crippen LogP contribution in [0.3, 0.4) is 0 Å². The molecule has 0 fully saturated rings. The Labute approximate surface area is 173 Å². The highest BCUT2D eigenvalue weighted by Crippen LogP contribution is 2.22. The van der Waals surface area contributed by atoms with Gasteiger partial charge in [0.2, 0.25) is 23.5 Å². The van der Waals surface area contributed by atoms with E-state index in [0.29, 0.717) is 23.0 Å². The number of halogens is 2. The molecule has 29 heavy (non-hydrogen) atoms. The first-order valence-electron chi connectivity index (χ1n) is 8.68. The molecule has 1 amide bonds. The van der Waals surface area contributed by atoms with E-state index in [9.17, 15) is 9.18 Å². The molecule has 2 heterocycles. The number of ether oxygens (including phenoxy) is 1. The first kappa shape index (κ1) is 22.3. The fourth-order valence-corrected chi connectivity index (χ4v) is 2.22. The van der Waals surface area contributed by atoms with E-state index >= 15 is 0 Å². The fourth-order valence-electron chi connectivity index (χ4n) is 2.22. The smallest absolute Gasteiger partial charge is 0.246 e. The molecule has 1 aromatic carbocycles. The maximum atomic E-state index is 12.9. The van der Waals surface area contributed by atoms with Crippen molar-refractivity contribution >= 4 is 18.3 Å². The van der Waals surface area contributed by atoms with Gasteiger partial charge in [0.1, 0.15) is 11.6 Å². The number of rotatable bonds is 7. The molecule has 154 valence electrons. The van der Waals surface area contributed by atoms with Crippen molar-refractivity contribution in [3.63, 3.8) is 0 Å². The molecule has 10 heteroatoms. The van der Waals surface area contributed by atoms with Crippen LogP contribution in [-0.4, -0.2) is 27.1 Å². The number of carbonyl (C=O) groups is 1. The quantitative estimate of drug-likeness (QED) is 0.602. The number of hydrogen-bond acceptors (Lipinski definition) is 7. The van der Waals surface area contributed by atoms with E-state index in [1.54, 1.807) is 12.1 Å². The molecule has 0 aliphatic heterocycles. The molecule has 0 spiro atoms. The van der Waals surface area contributed by atoms with Gasteiger partial charge in [0.05, 0.1) is 12.6 Å². The van der Waals surface area contributed by atoms with E-state index < -0.39 is 6.04 Å². The molecule has 3 N–H and O–H groups in total. The van der Waals surface area contributed by atoms with Crippen LogP contribution >= 0.6 is 12.4 Å². The third-order valence-corrected chi connectivity index (χ3v) is 3.93. The highest BCUT2D eigenvalue weighted by atomic mass is 35.5. The van der Waals surface area contributed by atoms with Gasteiger partial charge in [-0.05, 0) is 36.2 Å². The van der Waals surface area contributed by atoms with Gasteiger partial charge in [-0.1, -0.05) is 19.0 Å². The highest BCUT2D eigenvalue weighted by Gasteiger charge is 2.18. The molecule has 3 rings (SSSR count). The van der Waals surface area contributed by atoms with Crippen molar-refractivity contribution < 1.29 is 18.4 Å². The van der Waals surface area contributed by atoms with Crippen LogP contribution in [0, 0.1) is 11.7 Å². The molecule has 0 saturated heterocycles. The number of nitrogens with one attached hydrogen (secondary N) is 1. The van der Waals surface area contributed by atoms with E-state index in [-0.39, 0.29) is 42.5 Å². The fraction of sp³-hybridized carbons (Fsp3) is 0.263. The van der Waals surface area contributed by atoms with Crippen molar-refractivity contribution in [2.24, 2.45) is 11.7 Å². The molecule has 8 nitrogen and oxygen atoms in total. The number of hydrogen-bond donors (Lipinski definition) is 2. The Morgan fingerprint density at radius 2 is 1.97 bits per heavy atom. The Bertz CT molecular complexity index is 932. The molecule has 0 aliphatic carbocycles. The zero-order chi connectivity index (χ0) is 20.1. The van der Waals surface area contributed by atoms with Crippen LogP contribution in [0.2, 0.25) is 0 Å². The molecular formula is C19H21ClFN5O3. The molecule has 0 aliphatic rings. The lowest BCUT2D eigenvalue weighted by Gasteiger charge is -2.14. The summed E-state index contributed by atoms with van der Waals surface area (Å²) >= 11 is 0. The summed E-state index contributed by atoms with van der Waals surface area (Å²) in [4.78, 5) is 20.3. The van der Waals surface area contributed by atoms with Gasteiger partial charge in [-0.3, -0.25) is 4.79 Å². The Hall–Kier alpha value is -3.04. The van der Waals surface area contributed by atoms with Crippen molar-refractivity contribution in [1.29, 1.82) is 0 Å². The normalized spacial score (nSPS) is 11.6. The molecule has 0 radical (unpaired) electrons. The number of amides is 1. The largest absolute Gasteiger partial charge is 0.439 e. The molecule has 3 aromatic rings. The van der Waals surface area contributed by atoms with Gasteiger partial charge in [-0.2, -0.15) is 4.98 Å². The summed E-state index contributed by atoms with van der Waals surface area (Å²) in [6.45, 7) is 3.82. The summed E-state index contributed by atoms with van der Waals surface area (Å²) in [5.74, 6) is 0.807. The lowest BCUT2D eigenvalue weighted by Crippen LogP contribution is -2.43. The van der Waals surface area contributed by atoms with E-state index in [4.69, 9.17) is 15.0 Å². The van der Waals surface area contributed by atoms with Crippen molar-refractivity contribution in [2.45, 2.75) is 26.4 Å². The van der Waals surface area contributed by atoms with Crippen LogP contribution < -0.4 is 15.8 Å². The Balaban J connectivity index is 0.00000300. The summed E-state index contributed by atoms with van der Waals surface area (Å²) in [6, 6.07) is 8.38. The van der Waals surface area contributed by atoms with Gasteiger partial charge in [-0.15, -0.1) is 12.4 Å². The zero-order valence-corrected chi connectivity index (χ0v) is 16.6. The molecule has 2 aromatic heterocycles. The summed E-state index contributed by atoms with van der Waals surface area (Å²) in [5, 5.41) is 6.54. The van der Waals surface area contributed by atoms with Crippen molar-refractivity contribution in [2.75, 3.05) is 0 Å². The van der Waals surface area contributed by atoms with Crippen LogP contribution in [-0.2, 0) is 11.3 Å². The third kappa shape index (κ3) is 5.97. The van der Waals surface area contributed by atoms with Crippen LogP contribution in [0.5, 0.6) is 11.6 Å². The van der Waals surface area contributed by atoms with Crippen LogP contribution in [0.25, 0.3) is 11.4 Å². The third-order valence-electron chi connectivity index (χ3n) is 3.93. The topological polar surface area (TPSA) is 116 Å². The molecule has 1 atom stereocenters. The molecule has 0 saturated carbocycles. The second-order valence-corrected chi connectivity index (χ2v) is 6.44. The predicted octanol–water partition coefficient (Wildman–Crippen LogP) is 3.08. The van der Waals surface area contributed by atoms with E-state index in [1.807, 2.05) is 13.8 Å². The zero-order valence-electron chi connectivity index (χ0n) is 15.8. The van der Waals surface area contributed by atoms with Gasteiger partial charge in [0.25, 0.3) is 0 Å². The molecular weight excluding hydrogens is 401 g/mol. The van der Waals surface area contributed by atoms with E-state index in [2.05, 4.69) is 20.4 Å².